The average Bonchev–Trinajstić information content (AvgIpc) is 3.44. The summed E-state index contributed by atoms with van der Waals surface area (Å²) in [4.78, 5) is 21.2. The molecule has 0 radical (unpaired) electrons. The predicted octanol–water partition coefficient (Wildman–Crippen LogP) is 2.60. The number of carbonyl (C=O) groups is 1. The summed E-state index contributed by atoms with van der Waals surface area (Å²) < 4.78 is 20.9. The average molecular weight is 372 g/mol. The molecule has 1 aromatic carbocycles. The third-order valence-corrected chi connectivity index (χ3v) is 5.35. The van der Waals surface area contributed by atoms with Gasteiger partial charge in [-0.2, -0.15) is 0 Å². The molecule has 1 saturated carbocycles. The zero-order valence-electron chi connectivity index (χ0n) is 15.6. The third-order valence-electron chi connectivity index (χ3n) is 5.35. The third kappa shape index (κ3) is 4.13. The topological polar surface area (TPSA) is 50.6 Å². The monoisotopic (exact) mass is 372 g/mol. The van der Waals surface area contributed by atoms with Crippen LogP contribution in [0.1, 0.15) is 36.7 Å². The van der Waals surface area contributed by atoms with E-state index in [0.29, 0.717) is 44.4 Å². The van der Waals surface area contributed by atoms with Crippen LogP contribution in [0.3, 0.4) is 0 Å². The Kier molecular flexibility index (Phi) is 5.11. The summed E-state index contributed by atoms with van der Waals surface area (Å²) in [7, 11) is 1.55. The van der Waals surface area contributed by atoms with Crippen molar-refractivity contribution in [2.45, 2.75) is 38.4 Å². The molecule has 144 valence electrons. The van der Waals surface area contributed by atoms with Crippen LogP contribution >= 0.6 is 0 Å². The maximum atomic E-state index is 13.4. The van der Waals surface area contributed by atoms with E-state index in [0.717, 1.165) is 17.9 Å². The van der Waals surface area contributed by atoms with Gasteiger partial charge in [0.15, 0.2) is 0 Å². The molecule has 0 N–H and O–H groups in total. The van der Waals surface area contributed by atoms with Crippen molar-refractivity contribution in [2.75, 3.05) is 26.7 Å². The molecule has 0 unspecified atom stereocenters. The highest BCUT2D eigenvalue weighted by molar-refractivity contribution is 5.76. The maximum absolute atomic E-state index is 13.4. The highest BCUT2D eigenvalue weighted by atomic mass is 19.1. The number of carbonyl (C=O) groups excluding carboxylic acids is 1. The van der Waals surface area contributed by atoms with Crippen molar-refractivity contribution in [3.05, 3.63) is 47.8 Å². The number of rotatable bonds is 6. The minimum atomic E-state index is -0.306. The number of nitrogens with zero attached hydrogens (tertiary/aromatic N) is 4. The molecule has 2 heterocycles. The molecular weight excluding hydrogens is 347 g/mol. The summed E-state index contributed by atoms with van der Waals surface area (Å²) >= 11 is 0. The van der Waals surface area contributed by atoms with Gasteiger partial charge in [0, 0.05) is 62.7 Å². The molecule has 0 spiro atoms. The van der Waals surface area contributed by atoms with Gasteiger partial charge in [-0.3, -0.25) is 9.69 Å². The molecule has 2 aromatic rings. The molecule has 7 heteroatoms. The molecule has 27 heavy (non-hydrogen) atoms. The number of halogens is 1. The van der Waals surface area contributed by atoms with Crippen molar-refractivity contribution < 1.29 is 13.9 Å². The number of benzene rings is 1. The van der Waals surface area contributed by atoms with E-state index in [9.17, 15) is 9.18 Å². The summed E-state index contributed by atoms with van der Waals surface area (Å²) in [5.41, 5.74) is 0.934. The number of amides is 1. The Morgan fingerprint density at radius 1 is 1.22 bits per heavy atom. The second-order valence-electron chi connectivity index (χ2n) is 7.28. The van der Waals surface area contributed by atoms with E-state index in [1.54, 1.807) is 13.2 Å². The normalized spacial score (nSPS) is 18.6. The second kappa shape index (κ2) is 7.68. The Hall–Kier alpha value is -2.41. The van der Waals surface area contributed by atoms with Gasteiger partial charge in [-0.15, -0.1) is 0 Å². The Labute approximate surface area is 158 Å². The molecule has 0 bridgehead atoms. The Bertz CT molecular complexity index is 818. The number of imidazole rings is 1. The molecular formula is C20H25FN4O2. The van der Waals surface area contributed by atoms with Gasteiger partial charge >= 0.3 is 0 Å². The maximum Gasteiger partial charge on any atom is 0.224 e. The van der Waals surface area contributed by atoms with Crippen LogP contribution < -0.4 is 4.74 Å². The summed E-state index contributed by atoms with van der Waals surface area (Å²) in [6, 6.07) is 5.17. The van der Waals surface area contributed by atoms with E-state index >= 15 is 0 Å². The van der Waals surface area contributed by atoms with E-state index in [1.807, 2.05) is 17.3 Å². The summed E-state index contributed by atoms with van der Waals surface area (Å²) in [5, 5.41) is 0. The van der Waals surface area contributed by atoms with E-state index in [4.69, 9.17) is 4.74 Å². The van der Waals surface area contributed by atoms with E-state index in [2.05, 4.69) is 14.5 Å². The number of aromatic nitrogens is 2. The lowest BCUT2D eigenvalue weighted by atomic mass is 10.1. The van der Waals surface area contributed by atoms with Crippen molar-refractivity contribution in [1.29, 1.82) is 0 Å². The summed E-state index contributed by atoms with van der Waals surface area (Å²) in [6.45, 7) is 3.33. The molecule has 2 fully saturated rings. The molecule has 1 amide bonds. The number of hydrogen-bond acceptors (Lipinski definition) is 4. The van der Waals surface area contributed by atoms with Gasteiger partial charge in [0.25, 0.3) is 0 Å². The molecule has 1 saturated heterocycles. The zero-order valence-corrected chi connectivity index (χ0v) is 15.6. The molecule has 1 aliphatic heterocycles. The minimum Gasteiger partial charge on any atom is -0.496 e. The molecule has 1 aromatic heterocycles. The van der Waals surface area contributed by atoms with Crippen LogP contribution in [0.15, 0.2) is 30.6 Å². The van der Waals surface area contributed by atoms with Crippen molar-refractivity contribution >= 4 is 5.91 Å². The van der Waals surface area contributed by atoms with Gasteiger partial charge in [0.2, 0.25) is 5.91 Å². The van der Waals surface area contributed by atoms with E-state index in [-0.39, 0.29) is 11.7 Å². The van der Waals surface area contributed by atoms with Crippen LogP contribution in [0, 0.1) is 5.82 Å². The number of ether oxygens (including phenoxy) is 1. The summed E-state index contributed by atoms with van der Waals surface area (Å²) in [6.07, 6.45) is 6.72. The van der Waals surface area contributed by atoms with Gasteiger partial charge in [-0.25, -0.2) is 9.37 Å². The Balaban J connectivity index is 1.40. The van der Waals surface area contributed by atoms with Gasteiger partial charge < -0.3 is 14.2 Å². The van der Waals surface area contributed by atoms with Crippen LogP contribution in [0.5, 0.6) is 5.75 Å². The van der Waals surface area contributed by atoms with Gasteiger partial charge in [-0.1, -0.05) is 6.07 Å². The fourth-order valence-corrected chi connectivity index (χ4v) is 3.65. The molecule has 6 nitrogen and oxygen atoms in total. The minimum absolute atomic E-state index is 0.161. The van der Waals surface area contributed by atoms with E-state index < -0.39 is 0 Å². The van der Waals surface area contributed by atoms with Crippen molar-refractivity contribution in [1.82, 2.24) is 19.4 Å². The SMILES string of the molecule is COc1cc(F)ccc1CN1CCC(=O)N(Cc2nccn2C2CC2)CC1. The lowest BCUT2D eigenvalue weighted by Crippen LogP contribution is -2.33. The molecule has 0 atom stereocenters. The van der Waals surface area contributed by atoms with Crippen molar-refractivity contribution in [3.63, 3.8) is 0 Å². The highest BCUT2D eigenvalue weighted by Gasteiger charge is 2.28. The second-order valence-corrected chi connectivity index (χ2v) is 7.28. The van der Waals surface area contributed by atoms with Crippen molar-refractivity contribution in [3.8, 4) is 5.75 Å². The highest BCUT2D eigenvalue weighted by Crippen LogP contribution is 2.35. The van der Waals surface area contributed by atoms with Crippen LogP contribution in [0.2, 0.25) is 0 Å². The zero-order chi connectivity index (χ0) is 18.8. The first-order valence-electron chi connectivity index (χ1n) is 9.48. The first kappa shape index (κ1) is 18.0. The Morgan fingerprint density at radius 3 is 2.85 bits per heavy atom. The number of hydrogen-bond donors (Lipinski definition) is 0. The standard InChI is InChI=1S/C20H25FN4O2/c1-27-18-12-16(21)3-2-15(18)13-23-8-6-20(26)24(11-10-23)14-19-22-7-9-25(19)17-4-5-17/h2-3,7,9,12,17H,4-6,8,10-11,13-14H2,1H3. The molecule has 2 aliphatic rings. The smallest absolute Gasteiger partial charge is 0.224 e. The lowest BCUT2D eigenvalue weighted by molar-refractivity contribution is -0.131. The largest absolute Gasteiger partial charge is 0.496 e. The first-order chi connectivity index (χ1) is 13.1. The fraction of sp³-hybridized carbons (Fsp3) is 0.500. The van der Waals surface area contributed by atoms with Crippen molar-refractivity contribution in [2.24, 2.45) is 0 Å². The van der Waals surface area contributed by atoms with Gasteiger partial charge in [0.05, 0.1) is 13.7 Å². The van der Waals surface area contributed by atoms with Gasteiger partial charge in [0.1, 0.15) is 17.4 Å². The molecule has 1 aliphatic carbocycles. The van der Waals surface area contributed by atoms with Gasteiger partial charge in [-0.05, 0) is 18.9 Å². The predicted molar refractivity (Wildman–Crippen MR) is 98.8 cm³/mol. The first-order valence-corrected chi connectivity index (χ1v) is 9.48. The van der Waals surface area contributed by atoms with E-state index in [1.165, 1.54) is 25.0 Å². The Morgan fingerprint density at radius 2 is 2.07 bits per heavy atom. The lowest BCUT2D eigenvalue weighted by Gasteiger charge is -2.23. The van der Waals surface area contributed by atoms with Crippen LogP contribution in [-0.2, 0) is 17.9 Å². The summed E-state index contributed by atoms with van der Waals surface area (Å²) in [5.74, 6) is 1.38. The molecule has 4 rings (SSSR count). The van der Waals surface area contributed by atoms with Crippen LogP contribution in [-0.4, -0.2) is 52.0 Å². The number of methoxy groups -OCH3 is 1. The van der Waals surface area contributed by atoms with Crippen LogP contribution in [0.25, 0.3) is 0 Å². The fourth-order valence-electron chi connectivity index (χ4n) is 3.65. The quantitative estimate of drug-likeness (QED) is 0.782. The van der Waals surface area contributed by atoms with Crippen LogP contribution in [0.4, 0.5) is 4.39 Å².